The summed E-state index contributed by atoms with van der Waals surface area (Å²) in [6.07, 6.45) is 2.75. The quantitative estimate of drug-likeness (QED) is 0.874. The fourth-order valence-electron chi connectivity index (χ4n) is 3.24. The van der Waals surface area contributed by atoms with Gasteiger partial charge < -0.3 is 15.5 Å². The van der Waals surface area contributed by atoms with Crippen molar-refractivity contribution in [2.24, 2.45) is 0 Å². The first kappa shape index (κ1) is 14.8. The van der Waals surface area contributed by atoms with Gasteiger partial charge in [-0.05, 0) is 42.5 Å². The van der Waals surface area contributed by atoms with Gasteiger partial charge in [-0.15, -0.1) is 0 Å². The molecule has 1 aromatic carbocycles. The number of carbonyl (C=O) groups excluding carboxylic acids is 2. The van der Waals surface area contributed by atoms with Crippen molar-refractivity contribution in [1.82, 2.24) is 15.5 Å². The minimum Gasteiger partial charge on any atom is -0.344 e. The molecular formula is C16H20FN3O2. The molecule has 1 aliphatic heterocycles. The third-order valence-corrected chi connectivity index (χ3v) is 4.45. The fraction of sp³-hybridized carbons (Fsp3) is 0.500. The number of benzene rings is 1. The molecule has 1 aliphatic carbocycles. The van der Waals surface area contributed by atoms with Crippen LogP contribution in [0.15, 0.2) is 18.2 Å². The van der Waals surface area contributed by atoms with E-state index in [2.05, 4.69) is 10.6 Å². The lowest BCUT2D eigenvalue weighted by Crippen LogP contribution is -2.51. The van der Waals surface area contributed by atoms with Crippen LogP contribution in [-0.4, -0.2) is 36.5 Å². The Labute approximate surface area is 128 Å². The minimum absolute atomic E-state index is 0.0314. The number of amides is 3. The second-order valence-electron chi connectivity index (χ2n) is 6.06. The Kier molecular flexibility index (Phi) is 4.00. The number of aryl methyl sites for hydroxylation is 1. The molecule has 0 saturated carbocycles. The van der Waals surface area contributed by atoms with Crippen molar-refractivity contribution in [1.29, 1.82) is 0 Å². The van der Waals surface area contributed by atoms with Gasteiger partial charge in [0.25, 0.3) is 0 Å². The SMILES string of the molecule is CN1CC(NC(=O)NC2CCc3ccc(F)cc32)CCC1=O. The van der Waals surface area contributed by atoms with Crippen molar-refractivity contribution in [3.63, 3.8) is 0 Å². The van der Waals surface area contributed by atoms with Gasteiger partial charge in [0.05, 0.1) is 6.04 Å². The number of hydrogen-bond donors (Lipinski definition) is 2. The Balaban J connectivity index is 1.57. The summed E-state index contributed by atoms with van der Waals surface area (Å²) in [5, 5.41) is 5.82. The predicted octanol–water partition coefficient (Wildman–Crippen LogP) is 1.73. The standard InChI is InChI=1S/C16H20FN3O2/c1-20-9-12(5-7-15(20)21)18-16(22)19-14-6-3-10-2-4-11(17)8-13(10)14/h2,4,8,12,14H,3,5-7,9H2,1H3,(H2,18,19,22). The largest absolute Gasteiger partial charge is 0.344 e. The summed E-state index contributed by atoms with van der Waals surface area (Å²) in [6, 6.07) is 4.31. The van der Waals surface area contributed by atoms with E-state index in [9.17, 15) is 14.0 Å². The normalized spacial score (nSPS) is 24.1. The Bertz CT molecular complexity index is 605. The number of rotatable bonds is 2. The van der Waals surface area contributed by atoms with E-state index < -0.39 is 0 Å². The maximum atomic E-state index is 13.4. The Morgan fingerprint density at radius 2 is 2.09 bits per heavy atom. The molecule has 22 heavy (non-hydrogen) atoms. The summed E-state index contributed by atoms with van der Waals surface area (Å²) >= 11 is 0. The van der Waals surface area contributed by atoms with E-state index in [4.69, 9.17) is 0 Å². The van der Waals surface area contributed by atoms with Crippen LogP contribution in [0.25, 0.3) is 0 Å². The first-order valence-corrected chi connectivity index (χ1v) is 7.62. The average molecular weight is 305 g/mol. The molecule has 1 heterocycles. The molecule has 1 saturated heterocycles. The van der Waals surface area contributed by atoms with E-state index >= 15 is 0 Å². The van der Waals surface area contributed by atoms with E-state index in [1.165, 1.54) is 12.1 Å². The molecule has 0 radical (unpaired) electrons. The number of fused-ring (bicyclic) bond motifs is 1. The number of piperidine rings is 1. The summed E-state index contributed by atoms with van der Waals surface area (Å²) in [7, 11) is 1.74. The van der Waals surface area contributed by atoms with Crippen molar-refractivity contribution in [3.05, 3.63) is 35.1 Å². The molecule has 2 atom stereocenters. The van der Waals surface area contributed by atoms with E-state index in [0.29, 0.717) is 19.4 Å². The molecule has 0 bridgehead atoms. The predicted molar refractivity (Wildman–Crippen MR) is 79.8 cm³/mol. The molecule has 2 N–H and O–H groups in total. The fourth-order valence-corrected chi connectivity index (χ4v) is 3.24. The average Bonchev–Trinajstić information content (AvgIpc) is 2.85. The smallest absolute Gasteiger partial charge is 0.315 e. The first-order valence-electron chi connectivity index (χ1n) is 7.62. The molecule has 2 unspecified atom stereocenters. The van der Waals surface area contributed by atoms with Crippen LogP contribution in [0.1, 0.15) is 36.4 Å². The van der Waals surface area contributed by atoms with Crippen LogP contribution in [0.3, 0.4) is 0 Å². The second kappa shape index (κ2) is 5.94. The zero-order valence-corrected chi connectivity index (χ0v) is 12.6. The summed E-state index contributed by atoms with van der Waals surface area (Å²) in [4.78, 5) is 25.2. The van der Waals surface area contributed by atoms with Gasteiger partial charge in [0.2, 0.25) is 5.91 Å². The molecule has 1 aromatic rings. The number of halogens is 1. The van der Waals surface area contributed by atoms with Gasteiger partial charge in [-0.2, -0.15) is 0 Å². The number of urea groups is 1. The maximum Gasteiger partial charge on any atom is 0.315 e. The Hall–Kier alpha value is -2.11. The Morgan fingerprint density at radius 1 is 1.27 bits per heavy atom. The van der Waals surface area contributed by atoms with Crippen LogP contribution in [0.4, 0.5) is 9.18 Å². The monoisotopic (exact) mass is 305 g/mol. The van der Waals surface area contributed by atoms with Crippen LogP contribution >= 0.6 is 0 Å². The van der Waals surface area contributed by atoms with Crippen LogP contribution in [-0.2, 0) is 11.2 Å². The molecule has 118 valence electrons. The van der Waals surface area contributed by atoms with E-state index in [0.717, 1.165) is 24.0 Å². The van der Waals surface area contributed by atoms with Gasteiger partial charge in [-0.25, -0.2) is 9.18 Å². The molecule has 6 heteroatoms. The van der Waals surface area contributed by atoms with E-state index in [-0.39, 0.29) is 29.8 Å². The molecule has 0 aromatic heterocycles. The topological polar surface area (TPSA) is 61.4 Å². The van der Waals surface area contributed by atoms with Crippen LogP contribution < -0.4 is 10.6 Å². The number of carbonyl (C=O) groups is 2. The summed E-state index contributed by atoms with van der Waals surface area (Å²) in [5.74, 6) is -0.168. The van der Waals surface area contributed by atoms with Gasteiger partial charge in [-0.3, -0.25) is 4.79 Å². The molecule has 0 spiro atoms. The lowest BCUT2D eigenvalue weighted by Gasteiger charge is -2.30. The number of likely N-dealkylation sites (tertiary alicyclic amines) is 1. The van der Waals surface area contributed by atoms with Gasteiger partial charge in [-0.1, -0.05) is 6.07 Å². The van der Waals surface area contributed by atoms with Gasteiger partial charge in [0, 0.05) is 26.1 Å². The highest BCUT2D eigenvalue weighted by Crippen LogP contribution is 2.31. The summed E-state index contributed by atoms with van der Waals surface area (Å²) in [5.41, 5.74) is 1.96. The molecule has 3 rings (SSSR count). The third-order valence-electron chi connectivity index (χ3n) is 4.45. The van der Waals surface area contributed by atoms with E-state index in [1.54, 1.807) is 18.0 Å². The highest BCUT2D eigenvalue weighted by atomic mass is 19.1. The number of nitrogens with one attached hydrogen (secondary N) is 2. The zero-order valence-electron chi connectivity index (χ0n) is 12.6. The van der Waals surface area contributed by atoms with Gasteiger partial charge in [0.15, 0.2) is 0 Å². The number of likely N-dealkylation sites (N-methyl/N-ethyl adjacent to an activating group) is 1. The van der Waals surface area contributed by atoms with Crippen molar-refractivity contribution < 1.29 is 14.0 Å². The second-order valence-corrected chi connectivity index (χ2v) is 6.06. The zero-order chi connectivity index (χ0) is 15.7. The number of nitrogens with zero attached hydrogens (tertiary/aromatic N) is 1. The summed E-state index contributed by atoms with van der Waals surface area (Å²) in [6.45, 7) is 0.530. The number of hydrogen-bond acceptors (Lipinski definition) is 2. The molecule has 1 fully saturated rings. The maximum absolute atomic E-state index is 13.4. The third kappa shape index (κ3) is 3.05. The molecule has 3 amide bonds. The highest BCUT2D eigenvalue weighted by Gasteiger charge is 2.27. The molecular weight excluding hydrogens is 285 g/mol. The van der Waals surface area contributed by atoms with Crippen molar-refractivity contribution in [2.75, 3.05) is 13.6 Å². The van der Waals surface area contributed by atoms with Crippen molar-refractivity contribution in [3.8, 4) is 0 Å². The van der Waals surface area contributed by atoms with Gasteiger partial charge in [0.1, 0.15) is 5.82 Å². The van der Waals surface area contributed by atoms with Gasteiger partial charge >= 0.3 is 6.03 Å². The van der Waals surface area contributed by atoms with Crippen LogP contribution in [0.2, 0.25) is 0 Å². The lowest BCUT2D eigenvalue weighted by molar-refractivity contribution is -0.132. The minimum atomic E-state index is -0.278. The van der Waals surface area contributed by atoms with Crippen molar-refractivity contribution >= 4 is 11.9 Å². The van der Waals surface area contributed by atoms with E-state index in [1.807, 2.05) is 0 Å². The molecule has 5 nitrogen and oxygen atoms in total. The molecule has 2 aliphatic rings. The Morgan fingerprint density at radius 3 is 2.86 bits per heavy atom. The van der Waals surface area contributed by atoms with Crippen LogP contribution in [0, 0.1) is 5.82 Å². The lowest BCUT2D eigenvalue weighted by atomic mass is 10.1. The van der Waals surface area contributed by atoms with Crippen LogP contribution in [0.5, 0.6) is 0 Å². The van der Waals surface area contributed by atoms with Crippen molar-refractivity contribution in [2.45, 2.75) is 37.8 Å². The highest BCUT2D eigenvalue weighted by molar-refractivity contribution is 5.78. The first-order chi connectivity index (χ1) is 10.5. The summed E-state index contributed by atoms with van der Waals surface area (Å²) < 4.78 is 13.4.